The van der Waals surface area contributed by atoms with E-state index in [9.17, 15) is 10.1 Å². The Morgan fingerprint density at radius 2 is 2.19 bits per heavy atom. The highest BCUT2D eigenvalue weighted by molar-refractivity contribution is 5.68. The Bertz CT molecular complexity index is 475. The molecule has 21 heavy (non-hydrogen) atoms. The Hall–Kier alpha value is -1.86. The van der Waals surface area contributed by atoms with Gasteiger partial charge in [0.15, 0.2) is 5.75 Å². The molecule has 0 aromatic heterocycles. The van der Waals surface area contributed by atoms with Crippen LogP contribution < -0.4 is 15.4 Å². The summed E-state index contributed by atoms with van der Waals surface area (Å²) in [5, 5.41) is 17.5. The van der Waals surface area contributed by atoms with Gasteiger partial charge in [-0.05, 0) is 38.1 Å². The van der Waals surface area contributed by atoms with Gasteiger partial charge in [-0.15, -0.1) is 0 Å². The summed E-state index contributed by atoms with van der Waals surface area (Å²) in [6.45, 7) is 3.02. The molecule has 0 bridgehead atoms. The number of nitrogens with zero attached hydrogens (tertiary/aromatic N) is 1. The summed E-state index contributed by atoms with van der Waals surface area (Å²) in [7, 11) is 1.42. The van der Waals surface area contributed by atoms with Crippen molar-refractivity contribution in [3.63, 3.8) is 0 Å². The smallest absolute Gasteiger partial charge is 0.333 e. The molecule has 7 heteroatoms. The number of nitrogens with one attached hydrogen (secondary N) is 2. The molecule has 1 heterocycles. The molecule has 2 N–H and O–H groups in total. The van der Waals surface area contributed by atoms with Gasteiger partial charge in [0.1, 0.15) is 5.69 Å². The van der Waals surface area contributed by atoms with E-state index in [1.807, 2.05) is 0 Å². The van der Waals surface area contributed by atoms with Crippen LogP contribution in [0.1, 0.15) is 12.8 Å². The van der Waals surface area contributed by atoms with Crippen LogP contribution >= 0.6 is 0 Å². The van der Waals surface area contributed by atoms with Crippen LogP contribution in [0.5, 0.6) is 5.75 Å². The first-order valence-electron chi connectivity index (χ1n) is 7.10. The molecule has 1 aromatic rings. The minimum Gasteiger partial charge on any atom is -0.490 e. The summed E-state index contributed by atoms with van der Waals surface area (Å²) in [5.74, 6) is 0.254. The summed E-state index contributed by atoms with van der Waals surface area (Å²) < 4.78 is 10.8. The van der Waals surface area contributed by atoms with E-state index in [0.717, 1.165) is 25.9 Å². The first kappa shape index (κ1) is 15.5. The molecule has 0 radical (unpaired) electrons. The number of rotatable bonds is 7. The number of nitro groups is 1. The number of piperidine rings is 1. The normalized spacial score (nSPS) is 15.7. The van der Waals surface area contributed by atoms with E-state index < -0.39 is 4.92 Å². The predicted molar refractivity (Wildman–Crippen MR) is 80.0 cm³/mol. The number of para-hydroxylation sites is 1. The van der Waals surface area contributed by atoms with Crippen molar-refractivity contribution < 1.29 is 14.4 Å². The van der Waals surface area contributed by atoms with Gasteiger partial charge >= 0.3 is 5.69 Å². The third-order valence-corrected chi connectivity index (χ3v) is 3.46. The van der Waals surface area contributed by atoms with Crippen molar-refractivity contribution in [2.75, 3.05) is 38.7 Å². The fraction of sp³-hybridized carbons (Fsp3) is 0.571. The van der Waals surface area contributed by atoms with E-state index in [4.69, 9.17) is 9.47 Å². The van der Waals surface area contributed by atoms with Crippen LogP contribution in [0.15, 0.2) is 18.2 Å². The zero-order chi connectivity index (χ0) is 15.1. The summed E-state index contributed by atoms with van der Waals surface area (Å²) in [4.78, 5) is 10.7. The van der Waals surface area contributed by atoms with E-state index in [-0.39, 0.29) is 17.5 Å². The van der Waals surface area contributed by atoms with Crippen molar-refractivity contribution in [1.29, 1.82) is 0 Å². The quantitative estimate of drug-likeness (QED) is 0.453. The van der Waals surface area contributed by atoms with Gasteiger partial charge in [-0.25, -0.2) is 0 Å². The molecule has 1 fully saturated rings. The molecule has 1 aromatic carbocycles. The Morgan fingerprint density at radius 3 is 2.86 bits per heavy atom. The number of anilines is 1. The summed E-state index contributed by atoms with van der Waals surface area (Å²) in [6.07, 6.45) is 2.31. The van der Waals surface area contributed by atoms with Gasteiger partial charge < -0.3 is 20.1 Å². The van der Waals surface area contributed by atoms with E-state index in [1.54, 1.807) is 18.2 Å². The molecule has 0 unspecified atom stereocenters. The summed E-state index contributed by atoms with van der Waals surface area (Å²) >= 11 is 0. The van der Waals surface area contributed by atoms with Crippen molar-refractivity contribution in [2.24, 2.45) is 0 Å². The van der Waals surface area contributed by atoms with E-state index in [0.29, 0.717) is 18.8 Å². The molecular formula is C14H21N3O4. The molecule has 0 amide bonds. The Labute approximate surface area is 123 Å². The maximum absolute atomic E-state index is 11.1. The number of hydrogen-bond donors (Lipinski definition) is 2. The second kappa shape index (κ2) is 7.80. The molecule has 0 aliphatic carbocycles. The monoisotopic (exact) mass is 295 g/mol. The molecule has 116 valence electrons. The molecular weight excluding hydrogens is 274 g/mol. The maximum Gasteiger partial charge on any atom is 0.333 e. The fourth-order valence-corrected chi connectivity index (χ4v) is 2.39. The summed E-state index contributed by atoms with van der Waals surface area (Å²) in [6, 6.07) is 4.97. The molecule has 2 rings (SSSR count). The van der Waals surface area contributed by atoms with Crippen LogP contribution in [0, 0.1) is 10.1 Å². The van der Waals surface area contributed by atoms with Crippen LogP contribution in [-0.4, -0.2) is 44.4 Å². The van der Waals surface area contributed by atoms with Gasteiger partial charge in [-0.3, -0.25) is 10.1 Å². The zero-order valence-corrected chi connectivity index (χ0v) is 12.1. The second-order valence-electron chi connectivity index (χ2n) is 4.86. The van der Waals surface area contributed by atoms with Crippen molar-refractivity contribution in [1.82, 2.24) is 5.32 Å². The Balaban J connectivity index is 1.86. The largest absolute Gasteiger partial charge is 0.490 e. The number of nitro benzene ring substituents is 1. The minimum atomic E-state index is -0.436. The van der Waals surface area contributed by atoms with Crippen molar-refractivity contribution >= 4 is 11.4 Å². The van der Waals surface area contributed by atoms with Crippen molar-refractivity contribution in [3.8, 4) is 5.75 Å². The average Bonchev–Trinajstić information content (AvgIpc) is 2.52. The SMILES string of the molecule is COc1cccc(NCCOC2CCNCC2)c1[N+](=O)[O-]. The third-order valence-electron chi connectivity index (χ3n) is 3.46. The van der Waals surface area contributed by atoms with Gasteiger partial charge in [0.25, 0.3) is 0 Å². The van der Waals surface area contributed by atoms with Gasteiger partial charge in [0.2, 0.25) is 0 Å². The zero-order valence-electron chi connectivity index (χ0n) is 12.1. The molecule has 7 nitrogen and oxygen atoms in total. The number of hydrogen-bond acceptors (Lipinski definition) is 6. The van der Waals surface area contributed by atoms with Crippen LogP contribution in [-0.2, 0) is 4.74 Å². The predicted octanol–water partition coefficient (Wildman–Crippen LogP) is 1.78. The molecule has 1 aliphatic heterocycles. The topological polar surface area (TPSA) is 85.7 Å². The average molecular weight is 295 g/mol. The van der Waals surface area contributed by atoms with Crippen molar-refractivity contribution in [2.45, 2.75) is 18.9 Å². The second-order valence-corrected chi connectivity index (χ2v) is 4.86. The molecule has 0 spiro atoms. The standard InChI is InChI=1S/C14H21N3O4/c1-20-13-4-2-3-12(14(13)17(18)19)16-9-10-21-11-5-7-15-8-6-11/h2-4,11,15-16H,5-10H2,1H3. The number of methoxy groups -OCH3 is 1. The van der Waals surface area contributed by atoms with Crippen LogP contribution in [0.25, 0.3) is 0 Å². The van der Waals surface area contributed by atoms with E-state index in [2.05, 4.69) is 10.6 Å². The number of ether oxygens (including phenoxy) is 2. The lowest BCUT2D eigenvalue weighted by Gasteiger charge is -2.23. The van der Waals surface area contributed by atoms with Gasteiger partial charge in [-0.1, -0.05) is 6.07 Å². The maximum atomic E-state index is 11.1. The van der Waals surface area contributed by atoms with Gasteiger partial charge in [-0.2, -0.15) is 0 Å². The lowest BCUT2D eigenvalue weighted by atomic mass is 10.1. The molecule has 0 atom stereocenters. The first-order chi connectivity index (χ1) is 10.2. The first-order valence-corrected chi connectivity index (χ1v) is 7.10. The van der Waals surface area contributed by atoms with E-state index >= 15 is 0 Å². The Morgan fingerprint density at radius 1 is 1.43 bits per heavy atom. The highest BCUT2D eigenvalue weighted by atomic mass is 16.6. The lowest BCUT2D eigenvalue weighted by molar-refractivity contribution is -0.384. The van der Waals surface area contributed by atoms with Crippen LogP contribution in [0.2, 0.25) is 0 Å². The van der Waals surface area contributed by atoms with Crippen LogP contribution in [0.4, 0.5) is 11.4 Å². The number of benzene rings is 1. The minimum absolute atomic E-state index is 0.0399. The molecule has 1 aliphatic rings. The molecule has 0 saturated carbocycles. The van der Waals surface area contributed by atoms with Gasteiger partial charge in [0, 0.05) is 6.54 Å². The van der Waals surface area contributed by atoms with E-state index in [1.165, 1.54) is 7.11 Å². The van der Waals surface area contributed by atoms with Crippen molar-refractivity contribution in [3.05, 3.63) is 28.3 Å². The summed E-state index contributed by atoms with van der Waals surface area (Å²) in [5.41, 5.74) is 0.412. The lowest BCUT2D eigenvalue weighted by Crippen LogP contribution is -2.33. The Kier molecular flexibility index (Phi) is 5.77. The molecule has 1 saturated heterocycles. The van der Waals surface area contributed by atoms with Crippen LogP contribution in [0.3, 0.4) is 0 Å². The highest BCUT2D eigenvalue weighted by Gasteiger charge is 2.20. The van der Waals surface area contributed by atoms with Gasteiger partial charge in [0.05, 0.1) is 24.7 Å². The highest BCUT2D eigenvalue weighted by Crippen LogP contribution is 2.34. The fourth-order valence-electron chi connectivity index (χ4n) is 2.39. The third kappa shape index (κ3) is 4.30.